The second kappa shape index (κ2) is 4.28. The van der Waals surface area contributed by atoms with Crippen molar-refractivity contribution < 1.29 is 14.9 Å². The van der Waals surface area contributed by atoms with E-state index >= 15 is 0 Å². The molecule has 1 heterocycles. The minimum atomic E-state index is -0.708. The van der Waals surface area contributed by atoms with E-state index in [2.05, 4.69) is 5.32 Å². The largest absolute Gasteiger partial charge is 0.394 e. The monoisotopic (exact) mass is 209 g/mol. The molecular weight excluding hydrogens is 194 g/mol. The lowest BCUT2D eigenvalue weighted by molar-refractivity contribution is 0.0760. The Morgan fingerprint density at radius 2 is 1.93 bits per heavy atom. The summed E-state index contributed by atoms with van der Waals surface area (Å²) in [5.41, 5.74) is 0.293. The van der Waals surface area contributed by atoms with Gasteiger partial charge in [-0.2, -0.15) is 0 Å². The molecule has 15 heavy (non-hydrogen) atoms. The van der Waals surface area contributed by atoms with Gasteiger partial charge in [-0.05, 0) is 5.56 Å². The first-order valence-corrected chi connectivity index (χ1v) is 4.96. The molecule has 1 aromatic carbocycles. The summed E-state index contributed by atoms with van der Waals surface area (Å²) in [5.74, 6) is 0. The quantitative estimate of drug-likeness (QED) is 0.657. The zero-order valence-corrected chi connectivity index (χ0v) is 8.39. The van der Waals surface area contributed by atoms with Crippen molar-refractivity contribution >= 4 is 0 Å². The summed E-state index contributed by atoms with van der Waals surface area (Å²) in [6, 6.07) is 9.69. The highest BCUT2D eigenvalue weighted by Crippen LogP contribution is 2.25. The predicted molar refractivity (Wildman–Crippen MR) is 55.2 cm³/mol. The summed E-state index contributed by atoms with van der Waals surface area (Å²) in [6.07, 6.45) is -0.245. The van der Waals surface area contributed by atoms with Crippen LogP contribution in [0, 0.1) is 0 Å². The van der Waals surface area contributed by atoms with E-state index in [-0.39, 0.29) is 19.4 Å². The molecule has 2 rings (SSSR count). The number of nitrogens with one attached hydrogen (secondary N) is 1. The topological polar surface area (TPSA) is 61.7 Å². The Balaban J connectivity index is 2.10. The summed E-state index contributed by atoms with van der Waals surface area (Å²) in [4.78, 5) is 0. The maximum Gasteiger partial charge on any atom is 0.135 e. The molecule has 1 aliphatic heterocycles. The molecule has 0 radical (unpaired) electrons. The molecule has 4 nitrogen and oxygen atoms in total. The van der Waals surface area contributed by atoms with Crippen LogP contribution in [0.5, 0.6) is 0 Å². The van der Waals surface area contributed by atoms with Gasteiger partial charge in [0.05, 0.1) is 25.4 Å². The maximum absolute atomic E-state index is 9.18. The van der Waals surface area contributed by atoms with Crippen LogP contribution in [0.1, 0.15) is 11.8 Å². The highest BCUT2D eigenvalue weighted by molar-refractivity contribution is 5.19. The fourth-order valence-corrected chi connectivity index (χ4v) is 1.64. The van der Waals surface area contributed by atoms with E-state index < -0.39 is 5.54 Å². The van der Waals surface area contributed by atoms with Crippen molar-refractivity contribution in [3.63, 3.8) is 0 Å². The predicted octanol–water partition coefficient (Wildman–Crippen LogP) is 0.0284. The zero-order valence-electron chi connectivity index (χ0n) is 8.39. The van der Waals surface area contributed by atoms with Crippen molar-refractivity contribution in [2.75, 3.05) is 19.8 Å². The van der Waals surface area contributed by atoms with Gasteiger partial charge < -0.3 is 14.9 Å². The SMILES string of the molecule is OCC1(CO)CO[C@@H](c2ccccc2)N1. The van der Waals surface area contributed by atoms with Crippen molar-refractivity contribution in [3.05, 3.63) is 35.9 Å². The molecule has 0 unspecified atom stereocenters. The van der Waals surface area contributed by atoms with Gasteiger partial charge in [-0.1, -0.05) is 30.3 Å². The van der Waals surface area contributed by atoms with Gasteiger partial charge in [0.2, 0.25) is 0 Å². The Kier molecular flexibility index (Phi) is 3.02. The lowest BCUT2D eigenvalue weighted by Gasteiger charge is -2.23. The molecule has 82 valence electrons. The average Bonchev–Trinajstić information content (AvgIpc) is 2.75. The molecule has 1 atom stereocenters. The number of hydrogen-bond donors (Lipinski definition) is 3. The van der Waals surface area contributed by atoms with Crippen molar-refractivity contribution in [2.45, 2.75) is 11.8 Å². The van der Waals surface area contributed by atoms with E-state index in [1.54, 1.807) is 0 Å². The first kappa shape index (κ1) is 10.6. The fourth-order valence-electron chi connectivity index (χ4n) is 1.64. The standard InChI is InChI=1S/C11H15NO3/c13-6-11(7-14)8-15-10(12-11)9-4-2-1-3-5-9/h1-5,10,12-14H,6-8H2/t10-/m0/s1. The average molecular weight is 209 g/mol. The van der Waals surface area contributed by atoms with Crippen LogP contribution < -0.4 is 5.32 Å². The van der Waals surface area contributed by atoms with Gasteiger partial charge in [-0.25, -0.2) is 0 Å². The molecule has 0 saturated carbocycles. The molecule has 0 spiro atoms. The lowest BCUT2D eigenvalue weighted by atomic mass is 10.0. The minimum Gasteiger partial charge on any atom is -0.394 e. The van der Waals surface area contributed by atoms with Crippen LogP contribution in [0.25, 0.3) is 0 Å². The van der Waals surface area contributed by atoms with Crippen LogP contribution >= 0.6 is 0 Å². The van der Waals surface area contributed by atoms with Crippen molar-refractivity contribution in [3.8, 4) is 0 Å². The molecule has 0 amide bonds. The molecule has 0 aromatic heterocycles. The highest BCUT2D eigenvalue weighted by atomic mass is 16.5. The normalized spacial score (nSPS) is 24.3. The van der Waals surface area contributed by atoms with Gasteiger partial charge in [0.25, 0.3) is 0 Å². The summed E-state index contributed by atoms with van der Waals surface area (Å²) in [5, 5.41) is 21.5. The molecule has 0 bridgehead atoms. The second-order valence-corrected chi connectivity index (χ2v) is 3.84. The van der Waals surface area contributed by atoms with Gasteiger partial charge in [0, 0.05) is 0 Å². The Morgan fingerprint density at radius 1 is 1.27 bits per heavy atom. The van der Waals surface area contributed by atoms with Crippen LogP contribution in [-0.4, -0.2) is 35.6 Å². The fraction of sp³-hybridized carbons (Fsp3) is 0.455. The van der Waals surface area contributed by atoms with Crippen molar-refractivity contribution in [2.24, 2.45) is 0 Å². The molecule has 1 saturated heterocycles. The summed E-state index contributed by atoms with van der Waals surface area (Å²) < 4.78 is 5.51. The molecule has 3 N–H and O–H groups in total. The van der Waals surface area contributed by atoms with E-state index in [1.165, 1.54) is 0 Å². The third-order valence-corrected chi connectivity index (χ3v) is 2.67. The number of hydrogen-bond acceptors (Lipinski definition) is 4. The van der Waals surface area contributed by atoms with Gasteiger partial charge in [0.15, 0.2) is 0 Å². The number of aliphatic hydroxyl groups excluding tert-OH is 2. The van der Waals surface area contributed by atoms with Crippen molar-refractivity contribution in [1.82, 2.24) is 5.32 Å². The first-order chi connectivity index (χ1) is 7.29. The van der Waals surface area contributed by atoms with E-state index in [0.29, 0.717) is 6.61 Å². The molecule has 0 aliphatic carbocycles. The summed E-state index contributed by atoms with van der Waals surface area (Å²) in [7, 11) is 0. The molecule has 1 aliphatic rings. The number of rotatable bonds is 3. The smallest absolute Gasteiger partial charge is 0.135 e. The third-order valence-electron chi connectivity index (χ3n) is 2.67. The van der Waals surface area contributed by atoms with E-state index in [9.17, 15) is 10.2 Å². The molecule has 1 aromatic rings. The van der Waals surface area contributed by atoms with Crippen LogP contribution in [0.4, 0.5) is 0 Å². The third kappa shape index (κ3) is 2.03. The van der Waals surface area contributed by atoms with Crippen molar-refractivity contribution in [1.29, 1.82) is 0 Å². The molecule has 1 fully saturated rings. The second-order valence-electron chi connectivity index (χ2n) is 3.84. The zero-order chi connectivity index (χ0) is 10.7. The van der Waals surface area contributed by atoms with Gasteiger partial charge >= 0.3 is 0 Å². The number of ether oxygens (including phenoxy) is 1. The van der Waals surface area contributed by atoms with E-state index in [4.69, 9.17) is 4.74 Å². The summed E-state index contributed by atoms with van der Waals surface area (Å²) >= 11 is 0. The lowest BCUT2D eigenvalue weighted by Crippen LogP contribution is -2.49. The van der Waals surface area contributed by atoms with Crippen LogP contribution in [-0.2, 0) is 4.74 Å². The van der Waals surface area contributed by atoms with Crippen LogP contribution in [0.2, 0.25) is 0 Å². The van der Waals surface area contributed by atoms with Crippen LogP contribution in [0.15, 0.2) is 30.3 Å². The highest BCUT2D eigenvalue weighted by Gasteiger charge is 2.39. The van der Waals surface area contributed by atoms with Gasteiger partial charge in [-0.3, -0.25) is 5.32 Å². The Morgan fingerprint density at radius 3 is 2.47 bits per heavy atom. The Bertz CT molecular complexity index is 311. The Hall–Kier alpha value is -0.940. The van der Waals surface area contributed by atoms with Gasteiger partial charge in [0.1, 0.15) is 6.23 Å². The first-order valence-electron chi connectivity index (χ1n) is 4.96. The van der Waals surface area contributed by atoms with Crippen LogP contribution in [0.3, 0.4) is 0 Å². The van der Waals surface area contributed by atoms with E-state index in [1.807, 2.05) is 30.3 Å². The Labute approximate surface area is 88.5 Å². The summed E-state index contributed by atoms with van der Waals surface area (Å²) in [6.45, 7) is 0.0548. The number of aliphatic hydroxyl groups is 2. The number of benzene rings is 1. The molecular formula is C11H15NO3. The maximum atomic E-state index is 9.18. The van der Waals surface area contributed by atoms with E-state index in [0.717, 1.165) is 5.56 Å². The molecule has 4 heteroatoms. The van der Waals surface area contributed by atoms with Gasteiger partial charge in [-0.15, -0.1) is 0 Å². The minimum absolute atomic E-state index is 0.132.